The number of sulfone groups is 1. The number of carbonyl (C=O) groups excluding carboxylic acids is 1. The molecule has 0 aliphatic carbocycles. The second kappa shape index (κ2) is 11.7. The Morgan fingerprint density at radius 3 is 2.27 bits per heavy atom. The molecule has 1 N–H and O–H groups in total. The number of nitrogens with zero attached hydrogens (tertiary/aromatic N) is 1. The molecule has 0 radical (unpaired) electrons. The highest BCUT2D eigenvalue weighted by molar-refractivity contribution is 7.92. The minimum Gasteiger partial charge on any atom is -0.481 e. The van der Waals surface area contributed by atoms with Gasteiger partial charge in [0.1, 0.15) is 12.2 Å². The third-order valence-electron chi connectivity index (χ3n) is 7.15. The first-order valence-electron chi connectivity index (χ1n) is 12.2. The second-order valence-electron chi connectivity index (χ2n) is 9.90. The van der Waals surface area contributed by atoms with Crippen LogP contribution in [0.1, 0.15) is 70.2 Å². The van der Waals surface area contributed by atoms with Gasteiger partial charge >= 0.3 is 5.97 Å². The fraction of sp³-hybridized carbons (Fsp3) is 0.481. The lowest BCUT2D eigenvalue weighted by molar-refractivity contribution is -0.182. The fourth-order valence-electron chi connectivity index (χ4n) is 4.49. The summed E-state index contributed by atoms with van der Waals surface area (Å²) in [5.74, 6) is -2.01. The quantitative estimate of drug-likeness (QED) is 0.384. The highest BCUT2D eigenvalue weighted by Gasteiger charge is 2.48. The molecule has 1 amide bonds. The van der Waals surface area contributed by atoms with Crippen molar-refractivity contribution in [2.24, 2.45) is 0 Å². The number of amides is 1. The van der Waals surface area contributed by atoms with E-state index in [9.17, 15) is 23.1 Å². The highest BCUT2D eigenvalue weighted by atomic mass is 35.5. The molecule has 0 saturated carbocycles. The Balaban J connectivity index is 2.21. The topological polar surface area (TPSA) is 101 Å². The standard InChI is InChI=1S/C27H33Cl2NO6S/c1-5-21(16-37(34,35)27(3,4)6-2)30-24(17-10-12-19(28)13-11-17)25(18-8-7-9-20(29)14-18)36-22(26(30)33)15-23(31)32/h7-14,21-22,24-25H,5-6,15-16H2,1-4H3,(H,31,32)/t21-,22-,24?,25+/m0/s1. The summed E-state index contributed by atoms with van der Waals surface area (Å²) in [6.45, 7) is 6.98. The molecule has 1 saturated heterocycles. The molecule has 3 rings (SSSR count). The van der Waals surface area contributed by atoms with E-state index in [0.717, 1.165) is 0 Å². The molecule has 4 atom stereocenters. The number of rotatable bonds is 10. The average Bonchev–Trinajstić information content (AvgIpc) is 2.84. The van der Waals surface area contributed by atoms with Gasteiger partial charge in [0.05, 0.1) is 23.0 Å². The van der Waals surface area contributed by atoms with Crippen molar-refractivity contribution in [1.82, 2.24) is 4.90 Å². The van der Waals surface area contributed by atoms with Crippen LogP contribution in [0.3, 0.4) is 0 Å². The first-order valence-corrected chi connectivity index (χ1v) is 14.6. The van der Waals surface area contributed by atoms with Gasteiger partial charge in [-0.3, -0.25) is 9.59 Å². The third kappa shape index (κ3) is 6.48. The Hall–Kier alpha value is -2.13. The molecule has 202 valence electrons. The van der Waals surface area contributed by atoms with E-state index in [1.165, 1.54) is 4.90 Å². The highest BCUT2D eigenvalue weighted by Crippen LogP contribution is 2.45. The van der Waals surface area contributed by atoms with Crippen molar-refractivity contribution in [1.29, 1.82) is 0 Å². The van der Waals surface area contributed by atoms with Gasteiger partial charge in [0.25, 0.3) is 5.91 Å². The smallest absolute Gasteiger partial charge is 0.306 e. The molecule has 0 spiro atoms. The van der Waals surface area contributed by atoms with Crippen LogP contribution in [0, 0.1) is 0 Å². The molecule has 7 nitrogen and oxygen atoms in total. The average molecular weight is 571 g/mol. The first-order chi connectivity index (χ1) is 17.3. The zero-order valence-corrected chi connectivity index (χ0v) is 23.7. The van der Waals surface area contributed by atoms with E-state index >= 15 is 0 Å². The van der Waals surface area contributed by atoms with E-state index in [1.54, 1.807) is 62.4 Å². The Kier molecular flexibility index (Phi) is 9.32. The van der Waals surface area contributed by atoms with Gasteiger partial charge < -0.3 is 14.7 Å². The van der Waals surface area contributed by atoms with Gasteiger partial charge in [-0.05, 0) is 62.1 Å². The minimum absolute atomic E-state index is 0.262. The van der Waals surface area contributed by atoms with E-state index < -0.39 is 57.2 Å². The van der Waals surface area contributed by atoms with Crippen LogP contribution in [-0.4, -0.2) is 52.9 Å². The first kappa shape index (κ1) is 29.4. The van der Waals surface area contributed by atoms with Gasteiger partial charge in [-0.25, -0.2) is 8.42 Å². The molecule has 2 aromatic rings. The van der Waals surface area contributed by atoms with Crippen LogP contribution in [0.2, 0.25) is 10.0 Å². The number of hydrogen-bond donors (Lipinski definition) is 1. The van der Waals surface area contributed by atoms with Crippen LogP contribution in [0.15, 0.2) is 48.5 Å². The zero-order chi connectivity index (χ0) is 27.5. The van der Waals surface area contributed by atoms with E-state index in [1.807, 2.05) is 13.8 Å². The van der Waals surface area contributed by atoms with E-state index in [-0.39, 0.29) is 5.75 Å². The molecular formula is C27H33Cl2NO6S. The van der Waals surface area contributed by atoms with Crippen molar-refractivity contribution in [3.8, 4) is 0 Å². The number of morpholine rings is 1. The Morgan fingerprint density at radius 1 is 1.08 bits per heavy atom. The summed E-state index contributed by atoms with van der Waals surface area (Å²) in [5, 5.41) is 10.5. The molecule has 0 bridgehead atoms. The number of carbonyl (C=O) groups is 2. The summed E-state index contributed by atoms with van der Waals surface area (Å²) in [6, 6.07) is 12.4. The number of aliphatic carboxylic acids is 1. The van der Waals surface area contributed by atoms with Crippen molar-refractivity contribution in [3.05, 3.63) is 69.7 Å². The van der Waals surface area contributed by atoms with Gasteiger partial charge in [0, 0.05) is 16.1 Å². The lowest BCUT2D eigenvalue weighted by Crippen LogP contribution is -2.57. The van der Waals surface area contributed by atoms with Crippen molar-refractivity contribution < 1.29 is 27.9 Å². The number of halogens is 2. The maximum absolute atomic E-state index is 13.9. The number of hydrogen-bond acceptors (Lipinski definition) is 5. The summed E-state index contributed by atoms with van der Waals surface area (Å²) in [7, 11) is -3.63. The van der Waals surface area contributed by atoms with Gasteiger partial charge in [0.2, 0.25) is 0 Å². The summed E-state index contributed by atoms with van der Waals surface area (Å²) < 4.78 is 32.1. The van der Waals surface area contributed by atoms with Crippen LogP contribution >= 0.6 is 23.2 Å². The number of carboxylic acids is 1. The van der Waals surface area contributed by atoms with Gasteiger partial charge in [-0.1, -0.05) is 61.3 Å². The van der Waals surface area contributed by atoms with Crippen molar-refractivity contribution in [2.45, 2.75) is 76.0 Å². The lowest BCUT2D eigenvalue weighted by atomic mass is 9.89. The van der Waals surface area contributed by atoms with Crippen LogP contribution in [0.25, 0.3) is 0 Å². The van der Waals surface area contributed by atoms with Gasteiger partial charge in [-0.2, -0.15) is 0 Å². The number of ether oxygens (including phenoxy) is 1. The molecule has 1 unspecified atom stereocenters. The Labute approximate surface area is 228 Å². The predicted molar refractivity (Wildman–Crippen MR) is 145 cm³/mol. The summed E-state index contributed by atoms with van der Waals surface area (Å²) >= 11 is 12.4. The number of benzene rings is 2. The molecule has 1 fully saturated rings. The van der Waals surface area contributed by atoms with E-state index in [0.29, 0.717) is 34.0 Å². The molecule has 1 heterocycles. The minimum atomic E-state index is -3.63. The van der Waals surface area contributed by atoms with Gasteiger partial charge in [-0.15, -0.1) is 0 Å². The van der Waals surface area contributed by atoms with E-state index in [2.05, 4.69) is 0 Å². The number of carboxylic acid groups (broad SMARTS) is 1. The van der Waals surface area contributed by atoms with Crippen molar-refractivity contribution in [2.75, 3.05) is 5.75 Å². The lowest BCUT2D eigenvalue weighted by Gasteiger charge is -2.48. The zero-order valence-electron chi connectivity index (χ0n) is 21.4. The predicted octanol–water partition coefficient (Wildman–Crippen LogP) is 5.86. The fourth-order valence-corrected chi connectivity index (χ4v) is 6.61. The molecule has 1 aliphatic heterocycles. The van der Waals surface area contributed by atoms with Crippen molar-refractivity contribution >= 4 is 44.9 Å². The second-order valence-corrected chi connectivity index (χ2v) is 13.4. The summed E-state index contributed by atoms with van der Waals surface area (Å²) in [5.41, 5.74) is 1.33. The normalized spacial score (nSPS) is 21.6. The monoisotopic (exact) mass is 569 g/mol. The molecule has 2 aromatic carbocycles. The van der Waals surface area contributed by atoms with E-state index in [4.69, 9.17) is 27.9 Å². The molecular weight excluding hydrogens is 537 g/mol. The third-order valence-corrected chi connectivity index (χ3v) is 10.4. The molecule has 1 aliphatic rings. The molecule has 0 aromatic heterocycles. The Morgan fingerprint density at radius 2 is 1.73 bits per heavy atom. The summed E-state index contributed by atoms with van der Waals surface area (Å²) in [6.07, 6.45) is -1.88. The SMILES string of the molecule is CC[C@@H](CS(=O)(=O)C(C)(C)CC)N1C(=O)[C@H](CC(=O)O)O[C@H](c2cccc(Cl)c2)C1c1ccc(Cl)cc1. The summed E-state index contributed by atoms with van der Waals surface area (Å²) in [4.78, 5) is 27.0. The van der Waals surface area contributed by atoms with Crippen LogP contribution in [-0.2, 0) is 24.2 Å². The van der Waals surface area contributed by atoms with Crippen LogP contribution in [0.5, 0.6) is 0 Å². The van der Waals surface area contributed by atoms with Crippen LogP contribution in [0.4, 0.5) is 0 Å². The van der Waals surface area contributed by atoms with Crippen molar-refractivity contribution in [3.63, 3.8) is 0 Å². The van der Waals surface area contributed by atoms with Gasteiger partial charge in [0.15, 0.2) is 9.84 Å². The molecule has 37 heavy (non-hydrogen) atoms. The largest absolute Gasteiger partial charge is 0.481 e. The maximum atomic E-state index is 13.9. The Bertz CT molecular complexity index is 1230. The molecule has 10 heteroatoms. The van der Waals surface area contributed by atoms with Crippen LogP contribution < -0.4 is 0 Å². The maximum Gasteiger partial charge on any atom is 0.306 e.